The van der Waals surface area contributed by atoms with Crippen LogP contribution in [0.2, 0.25) is 0 Å². The van der Waals surface area contributed by atoms with Crippen LogP contribution in [0.25, 0.3) is 10.9 Å². The summed E-state index contributed by atoms with van der Waals surface area (Å²) in [6, 6.07) is 21.6. The second-order valence-electron chi connectivity index (χ2n) is 12.2. The lowest BCUT2D eigenvalue weighted by Crippen LogP contribution is -2.54. The molecular formula is C38H47N5O3. The van der Waals surface area contributed by atoms with Crippen LogP contribution in [0.1, 0.15) is 55.5 Å². The van der Waals surface area contributed by atoms with Gasteiger partial charge in [-0.05, 0) is 65.3 Å². The molecule has 1 saturated heterocycles. The lowest BCUT2D eigenvalue weighted by atomic mass is 9.92. The summed E-state index contributed by atoms with van der Waals surface area (Å²) in [5.41, 5.74) is 7.86. The van der Waals surface area contributed by atoms with E-state index >= 15 is 0 Å². The van der Waals surface area contributed by atoms with Gasteiger partial charge in [-0.15, -0.1) is 0 Å². The molecule has 2 heterocycles. The van der Waals surface area contributed by atoms with Crippen molar-refractivity contribution >= 4 is 34.3 Å². The van der Waals surface area contributed by atoms with Crippen LogP contribution in [0.5, 0.6) is 0 Å². The van der Waals surface area contributed by atoms with Gasteiger partial charge in [0.25, 0.3) is 5.91 Å². The van der Waals surface area contributed by atoms with E-state index < -0.39 is 11.9 Å². The summed E-state index contributed by atoms with van der Waals surface area (Å²) >= 11 is 0. The van der Waals surface area contributed by atoms with Crippen LogP contribution in [-0.2, 0) is 46.6 Å². The fourth-order valence-electron chi connectivity index (χ4n) is 6.73. The Morgan fingerprint density at radius 2 is 1.50 bits per heavy atom. The predicted octanol–water partition coefficient (Wildman–Crippen LogP) is 5.28. The van der Waals surface area contributed by atoms with E-state index in [0.29, 0.717) is 0 Å². The number of fused-ring (bicyclic) bond motifs is 1. The number of aromatic amines is 1. The van der Waals surface area contributed by atoms with Crippen LogP contribution in [-0.4, -0.2) is 71.3 Å². The number of piperazine rings is 1. The molecule has 1 aliphatic rings. The molecule has 1 unspecified atom stereocenters. The van der Waals surface area contributed by atoms with E-state index in [9.17, 15) is 14.4 Å². The fraction of sp³-hybridized carbons (Fsp3) is 0.395. The number of benzene rings is 3. The standard InChI is InChI=1S/C38H47N5O3/c1-5-29-21-28(22-30(6-2)33(29)7-3)25-43(27(4)44)38(46)36(23-31-24-39-35-16-12-11-15-34(31)35)40-37(45)26-41-17-19-42(20-18-41)32-13-9-8-10-14-32/h8-16,21-22,24,36,39H,5-7,17-20,23,25-26H2,1-4H3,(H,40,45). The SMILES string of the molecule is CCc1cc(CN(C(C)=O)C(=O)C(Cc2c[nH]c3ccccc23)NC(=O)CN2CCN(c3ccccc3)CC2)cc(CC)c1CC. The molecule has 1 fully saturated rings. The lowest BCUT2D eigenvalue weighted by molar-refractivity contribution is -0.147. The molecule has 0 bridgehead atoms. The largest absolute Gasteiger partial charge is 0.369 e. The highest BCUT2D eigenvalue weighted by Gasteiger charge is 2.31. The maximum atomic E-state index is 14.3. The maximum Gasteiger partial charge on any atom is 0.252 e. The third-order valence-corrected chi connectivity index (χ3v) is 9.19. The Labute approximate surface area is 272 Å². The van der Waals surface area contributed by atoms with E-state index in [2.05, 4.69) is 65.1 Å². The number of amides is 3. The molecular weight excluding hydrogens is 574 g/mol. The summed E-state index contributed by atoms with van der Waals surface area (Å²) in [6.07, 6.45) is 4.88. The van der Waals surface area contributed by atoms with Crippen molar-refractivity contribution in [3.8, 4) is 0 Å². The monoisotopic (exact) mass is 621 g/mol. The van der Waals surface area contributed by atoms with Gasteiger partial charge in [-0.2, -0.15) is 0 Å². The van der Waals surface area contributed by atoms with E-state index in [1.807, 2.05) is 48.7 Å². The summed E-state index contributed by atoms with van der Waals surface area (Å²) in [5.74, 6) is -0.949. The summed E-state index contributed by atoms with van der Waals surface area (Å²) < 4.78 is 0. The zero-order valence-corrected chi connectivity index (χ0v) is 27.6. The molecule has 1 aliphatic heterocycles. The van der Waals surface area contributed by atoms with Gasteiger partial charge >= 0.3 is 0 Å². The van der Waals surface area contributed by atoms with Crippen molar-refractivity contribution in [1.29, 1.82) is 0 Å². The Bertz CT molecular complexity index is 1630. The molecule has 242 valence electrons. The number of rotatable bonds is 12. The molecule has 0 radical (unpaired) electrons. The highest BCUT2D eigenvalue weighted by atomic mass is 16.2. The van der Waals surface area contributed by atoms with Crippen molar-refractivity contribution in [2.75, 3.05) is 37.6 Å². The molecule has 0 saturated carbocycles. The average Bonchev–Trinajstić information content (AvgIpc) is 3.49. The topological polar surface area (TPSA) is 88.8 Å². The van der Waals surface area contributed by atoms with E-state index in [1.165, 1.54) is 34.2 Å². The highest BCUT2D eigenvalue weighted by molar-refractivity contribution is 5.99. The smallest absolute Gasteiger partial charge is 0.252 e. The first-order valence-electron chi connectivity index (χ1n) is 16.6. The summed E-state index contributed by atoms with van der Waals surface area (Å²) in [5, 5.41) is 4.04. The van der Waals surface area contributed by atoms with Crippen molar-refractivity contribution in [3.05, 3.63) is 101 Å². The Hall–Kier alpha value is -4.43. The molecule has 2 N–H and O–H groups in total. The number of para-hydroxylation sites is 2. The first-order chi connectivity index (χ1) is 22.3. The van der Waals surface area contributed by atoms with E-state index in [4.69, 9.17) is 0 Å². The van der Waals surface area contributed by atoms with Gasteiger partial charge in [-0.1, -0.05) is 69.3 Å². The highest BCUT2D eigenvalue weighted by Crippen LogP contribution is 2.23. The Balaban J connectivity index is 1.35. The number of anilines is 1. The number of aryl methyl sites for hydroxylation is 2. The molecule has 1 atom stereocenters. The minimum atomic E-state index is -0.896. The summed E-state index contributed by atoms with van der Waals surface area (Å²) in [6.45, 7) is 11.4. The number of carbonyl (C=O) groups excluding carboxylic acids is 3. The van der Waals surface area contributed by atoms with Crippen molar-refractivity contribution in [3.63, 3.8) is 0 Å². The molecule has 8 heteroatoms. The van der Waals surface area contributed by atoms with E-state index in [-0.39, 0.29) is 31.3 Å². The van der Waals surface area contributed by atoms with Crippen LogP contribution in [0, 0.1) is 0 Å². The molecule has 4 aromatic rings. The normalized spacial score (nSPS) is 14.3. The number of aromatic nitrogens is 1. The van der Waals surface area contributed by atoms with Crippen LogP contribution in [0.4, 0.5) is 5.69 Å². The number of hydrogen-bond acceptors (Lipinski definition) is 5. The number of imide groups is 1. The van der Waals surface area contributed by atoms with Crippen LogP contribution < -0.4 is 10.2 Å². The summed E-state index contributed by atoms with van der Waals surface area (Å²) in [7, 11) is 0. The number of carbonyl (C=O) groups is 3. The molecule has 3 amide bonds. The Kier molecular flexibility index (Phi) is 10.9. The zero-order chi connectivity index (χ0) is 32.6. The first kappa shape index (κ1) is 32.9. The number of hydrogen-bond donors (Lipinski definition) is 2. The number of H-pyrrole nitrogens is 1. The number of nitrogens with one attached hydrogen (secondary N) is 2. The van der Waals surface area contributed by atoms with E-state index in [1.54, 1.807) is 0 Å². The average molecular weight is 622 g/mol. The molecule has 46 heavy (non-hydrogen) atoms. The molecule has 5 rings (SSSR count). The fourth-order valence-corrected chi connectivity index (χ4v) is 6.73. The quantitative estimate of drug-likeness (QED) is 0.225. The Morgan fingerprint density at radius 1 is 0.848 bits per heavy atom. The van der Waals surface area contributed by atoms with Crippen LogP contribution >= 0.6 is 0 Å². The van der Waals surface area contributed by atoms with Gasteiger partial charge in [0.2, 0.25) is 11.8 Å². The van der Waals surface area contributed by atoms with Gasteiger partial charge in [0.15, 0.2) is 0 Å². The first-order valence-corrected chi connectivity index (χ1v) is 16.6. The lowest BCUT2D eigenvalue weighted by Gasteiger charge is -2.36. The third-order valence-electron chi connectivity index (χ3n) is 9.19. The van der Waals surface area contributed by atoms with Gasteiger partial charge in [0, 0.05) is 62.3 Å². The molecule has 3 aromatic carbocycles. The second kappa shape index (κ2) is 15.2. The van der Waals surface area contributed by atoms with Crippen molar-refractivity contribution in [2.45, 2.75) is 66.0 Å². The maximum absolute atomic E-state index is 14.3. The van der Waals surface area contributed by atoms with Crippen molar-refractivity contribution in [1.82, 2.24) is 20.1 Å². The number of nitrogens with zero attached hydrogens (tertiary/aromatic N) is 3. The predicted molar refractivity (Wildman–Crippen MR) is 185 cm³/mol. The van der Waals surface area contributed by atoms with Gasteiger partial charge in [-0.3, -0.25) is 24.2 Å². The zero-order valence-electron chi connectivity index (χ0n) is 27.6. The Morgan fingerprint density at radius 3 is 2.13 bits per heavy atom. The van der Waals surface area contributed by atoms with Gasteiger partial charge in [0.05, 0.1) is 13.1 Å². The van der Waals surface area contributed by atoms with Crippen molar-refractivity contribution < 1.29 is 14.4 Å². The third kappa shape index (κ3) is 7.68. The summed E-state index contributed by atoms with van der Waals surface area (Å²) in [4.78, 5) is 49.9. The second-order valence-corrected chi connectivity index (χ2v) is 12.2. The van der Waals surface area contributed by atoms with Gasteiger partial charge in [0.1, 0.15) is 6.04 Å². The molecule has 0 spiro atoms. The van der Waals surface area contributed by atoms with Crippen molar-refractivity contribution in [2.24, 2.45) is 0 Å². The molecule has 1 aromatic heterocycles. The van der Waals surface area contributed by atoms with Crippen LogP contribution in [0.3, 0.4) is 0 Å². The minimum absolute atomic E-state index is 0.167. The van der Waals surface area contributed by atoms with E-state index in [0.717, 1.165) is 67.5 Å². The van der Waals surface area contributed by atoms with Gasteiger partial charge in [-0.25, -0.2) is 0 Å². The molecule has 8 nitrogen and oxygen atoms in total. The molecule has 0 aliphatic carbocycles. The van der Waals surface area contributed by atoms with Crippen LogP contribution in [0.15, 0.2) is 72.9 Å². The minimum Gasteiger partial charge on any atom is -0.369 e. The van der Waals surface area contributed by atoms with Gasteiger partial charge < -0.3 is 15.2 Å².